The second-order valence-electron chi connectivity index (χ2n) is 3.55. The van der Waals surface area contributed by atoms with Crippen LogP contribution in [0.15, 0.2) is 46.9 Å². The fourth-order valence-corrected chi connectivity index (χ4v) is 2.10. The Kier molecular flexibility index (Phi) is 1.98. The molecule has 0 N–H and O–H groups in total. The summed E-state index contributed by atoms with van der Waals surface area (Å²) in [5.41, 5.74) is 1.94. The monoisotopic (exact) mass is 230 g/mol. The highest BCUT2D eigenvalue weighted by atomic mass is 35.5. The molecule has 0 aliphatic carbocycles. The Balaban J connectivity index is 2.57. The molecule has 0 spiro atoms. The molecule has 0 atom stereocenters. The molecule has 16 heavy (non-hydrogen) atoms. The van der Waals surface area contributed by atoms with Crippen LogP contribution in [0.4, 0.5) is 0 Å². The Bertz CT molecular complexity index is 697. The predicted octanol–water partition coefficient (Wildman–Crippen LogP) is 3.97. The first kappa shape index (κ1) is 9.43. The fraction of sp³-hybridized carbons (Fsp3) is 0. The highest BCUT2D eigenvalue weighted by molar-refractivity contribution is 6.68. The van der Waals surface area contributed by atoms with Crippen molar-refractivity contribution in [1.29, 1.82) is 0 Å². The minimum absolute atomic E-state index is 0.461. The van der Waals surface area contributed by atoms with E-state index < -0.39 is 5.24 Å². The third-order valence-corrected chi connectivity index (χ3v) is 2.82. The largest absolute Gasteiger partial charge is 0.456 e. The van der Waals surface area contributed by atoms with Gasteiger partial charge in [0.1, 0.15) is 11.2 Å². The first-order valence-corrected chi connectivity index (χ1v) is 5.25. The van der Waals surface area contributed by atoms with Crippen LogP contribution in [0, 0.1) is 0 Å². The molecule has 2 nitrogen and oxygen atoms in total. The van der Waals surface area contributed by atoms with Gasteiger partial charge in [0.05, 0.1) is 0 Å². The molecule has 0 unspecified atom stereocenters. The summed E-state index contributed by atoms with van der Waals surface area (Å²) in [6, 6.07) is 12.9. The van der Waals surface area contributed by atoms with Crippen LogP contribution in [0.3, 0.4) is 0 Å². The summed E-state index contributed by atoms with van der Waals surface area (Å²) in [6.07, 6.45) is 0. The number of carbonyl (C=O) groups excluding carboxylic acids is 1. The van der Waals surface area contributed by atoms with Crippen LogP contribution in [0.2, 0.25) is 0 Å². The molecule has 3 rings (SSSR count). The lowest BCUT2D eigenvalue weighted by Crippen LogP contribution is -1.88. The summed E-state index contributed by atoms with van der Waals surface area (Å²) in [5.74, 6) is 0. The molecule has 0 radical (unpaired) electrons. The minimum atomic E-state index is -0.461. The Morgan fingerprint density at radius 1 is 1.00 bits per heavy atom. The first-order valence-electron chi connectivity index (χ1n) is 4.87. The molecule has 3 aromatic rings. The molecular weight excluding hydrogens is 224 g/mol. The molecule has 0 aliphatic rings. The highest BCUT2D eigenvalue weighted by Crippen LogP contribution is 2.31. The van der Waals surface area contributed by atoms with Crippen LogP contribution in [0.1, 0.15) is 10.4 Å². The zero-order valence-electron chi connectivity index (χ0n) is 8.24. The van der Waals surface area contributed by atoms with Gasteiger partial charge >= 0.3 is 0 Å². The van der Waals surface area contributed by atoms with Gasteiger partial charge in [-0.15, -0.1) is 0 Å². The molecule has 2 aromatic carbocycles. The maximum Gasteiger partial charge on any atom is 0.253 e. The zero-order chi connectivity index (χ0) is 11.1. The number of fused-ring (bicyclic) bond motifs is 3. The SMILES string of the molecule is O=C(Cl)c1cccc2oc3ccccc3c12. The topological polar surface area (TPSA) is 30.2 Å². The van der Waals surface area contributed by atoms with Crippen LogP contribution in [0.25, 0.3) is 21.9 Å². The molecule has 0 saturated carbocycles. The maximum absolute atomic E-state index is 11.3. The molecule has 0 fully saturated rings. The molecule has 78 valence electrons. The van der Waals surface area contributed by atoms with Gasteiger partial charge < -0.3 is 4.42 Å². The molecule has 3 heteroatoms. The second kappa shape index (κ2) is 3.35. The van der Waals surface area contributed by atoms with Crippen molar-refractivity contribution >= 4 is 38.8 Å². The van der Waals surface area contributed by atoms with E-state index in [4.69, 9.17) is 16.0 Å². The van der Waals surface area contributed by atoms with Crippen molar-refractivity contribution in [2.45, 2.75) is 0 Å². The number of furan rings is 1. The van der Waals surface area contributed by atoms with Gasteiger partial charge in [-0.05, 0) is 29.8 Å². The number of carbonyl (C=O) groups is 1. The number of benzene rings is 2. The zero-order valence-corrected chi connectivity index (χ0v) is 8.99. The van der Waals surface area contributed by atoms with Crippen molar-refractivity contribution in [3.05, 3.63) is 48.0 Å². The molecular formula is C13H7ClO2. The summed E-state index contributed by atoms with van der Waals surface area (Å²) in [5, 5.41) is 1.25. The Hall–Kier alpha value is -1.80. The average molecular weight is 231 g/mol. The third kappa shape index (κ3) is 1.24. The van der Waals surface area contributed by atoms with E-state index in [1.807, 2.05) is 30.3 Å². The van der Waals surface area contributed by atoms with E-state index >= 15 is 0 Å². The summed E-state index contributed by atoms with van der Waals surface area (Å²) < 4.78 is 5.63. The van der Waals surface area contributed by atoms with Crippen LogP contribution in [-0.4, -0.2) is 5.24 Å². The van der Waals surface area contributed by atoms with Gasteiger partial charge in [0.25, 0.3) is 5.24 Å². The van der Waals surface area contributed by atoms with Gasteiger partial charge in [-0.25, -0.2) is 0 Å². The van der Waals surface area contributed by atoms with Gasteiger partial charge in [0, 0.05) is 16.3 Å². The number of halogens is 1. The van der Waals surface area contributed by atoms with Crippen LogP contribution in [0.5, 0.6) is 0 Å². The number of para-hydroxylation sites is 1. The van der Waals surface area contributed by atoms with E-state index in [9.17, 15) is 4.79 Å². The smallest absolute Gasteiger partial charge is 0.253 e. The maximum atomic E-state index is 11.3. The average Bonchev–Trinajstić information content (AvgIpc) is 2.66. The molecule has 0 aliphatic heterocycles. The van der Waals surface area contributed by atoms with E-state index in [-0.39, 0.29) is 0 Å². The van der Waals surface area contributed by atoms with Crippen molar-refractivity contribution in [2.24, 2.45) is 0 Å². The van der Waals surface area contributed by atoms with Crippen molar-refractivity contribution in [3.63, 3.8) is 0 Å². The Labute approximate surface area is 96.4 Å². The molecule has 0 bridgehead atoms. The highest BCUT2D eigenvalue weighted by Gasteiger charge is 2.13. The summed E-state index contributed by atoms with van der Waals surface area (Å²) in [7, 11) is 0. The Morgan fingerprint density at radius 3 is 2.56 bits per heavy atom. The van der Waals surface area contributed by atoms with E-state index in [1.54, 1.807) is 12.1 Å². The first-order chi connectivity index (χ1) is 7.77. The normalized spacial score (nSPS) is 11.1. The van der Waals surface area contributed by atoms with Crippen molar-refractivity contribution in [1.82, 2.24) is 0 Å². The van der Waals surface area contributed by atoms with Crippen LogP contribution >= 0.6 is 11.6 Å². The van der Waals surface area contributed by atoms with Crippen molar-refractivity contribution in [3.8, 4) is 0 Å². The van der Waals surface area contributed by atoms with Gasteiger partial charge in [-0.2, -0.15) is 0 Å². The van der Waals surface area contributed by atoms with E-state index in [2.05, 4.69) is 0 Å². The van der Waals surface area contributed by atoms with Gasteiger partial charge in [-0.1, -0.05) is 24.3 Å². The summed E-state index contributed by atoms with van der Waals surface area (Å²) in [4.78, 5) is 11.3. The summed E-state index contributed by atoms with van der Waals surface area (Å²) in [6.45, 7) is 0. The van der Waals surface area contributed by atoms with E-state index in [0.29, 0.717) is 11.1 Å². The second-order valence-corrected chi connectivity index (χ2v) is 3.89. The third-order valence-electron chi connectivity index (χ3n) is 2.61. The van der Waals surface area contributed by atoms with Gasteiger partial charge in [-0.3, -0.25) is 4.79 Å². The molecule has 0 saturated heterocycles. The lowest BCUT2D eigenvalue weighted by atomic mass is 10.1. The van der Waals surface area contributed by atoms with E-state index in [0.717, 1.165) is 16.4 Å². The standard InChI is InChI=1S/C13H7ClO2/c14-13(15)9-5-3-7-11-12(9)8-4-1-2-6-10(8)16-11/h1-7H. The predicted molar refractivity (Wildman–Crippen MR) is 63.9 cm³/mol. The summed E-state index contributed by atoms with van der Waals surface area (Å²) >= 11 is 5.56. The van der Waals surface area contributed by atoms with Crippen LogP contribution in [-0.2, 0) is 0 Å². The van der Waals surface area contributed by atoms with Crippen molar-refractivity contribution in [2.75, 3.05) is 0 Å². The number of rotatable bonds is 1. The molecule has 1 heterocycles. The van der Waals surface area contributed by atoms with Gasteiger partial charge in [0.2, 0.25) is 0 Å². The Morgan fingerprint density at radius 2 is 1.75 bits per heavy atom. The fourth-order valence-electron chi connectivity index (χ4n) is 1.94. The number of hydrogen-bond donors (Lipinski definition) is 0. The molecule has 1 aromatic heterocycles. The lowest BCUT2D eigenvalue weighted by molar-refractivity contribution is 0.108. The number of hydrogen-bond acceptors (Lipinski definition) is 2. The van der Waals surface area contributed by atoms with Gasteiger partial charge in [0.15, 0.2) is 0 Å². The molecule has 0 amide bonds. The van der Waals surface area contributed by atoms with Crippen LogP contribution < -0.4 is 0 Å². The minimum Gasteiger partial charge on any atom is -0.456 e. The quantitative estimate of drug-likeness (QED) is 0.592. The van der Waals surface area contributed by atoms with E-state index in [1.165, 1.54) is 0 Å². The lowest BCUT2D eigenvalue weighted by Gasteiger charge is -1.95. The van der Waals surface area contributed by atoms with Crippen molar-refractivity contribution < 1.29 is 9.21 Å².